The first kappa shape index (κ1) is 12.8. The number of nitrogens with one attached hydrogen (secondary N) is 3. The third-order valence-electron chi connectivity index (χ3n) is 4.08. The van der Waals surface area contributed by atoms with Gasteiger partial charge in [-0.25, -0.2) is 4.98 Å². The highest BCUT2D eigenvalue weighted by atomic mass is 16.2. The van der Waals surface area contributed by atoms with E-state index in [0.717, 1.165) is 17.5 Å². The zero-order valence-electron chi connectivity index (χ0n) is 11.7. The van der Waals surface area contributed by atoms with Crippen molar-refractivity contribution >= 4 is 16.9 Å². The molecule has 1 amide bonds. The molecule has 112 valence electrons. The van der Waals surface area contributed by atoms with Gasteiger partial charge in [0.1, 0.15) is 5.69 Å². The van der Waals surface area contributed by atoms with E-state index >= 15 is 0 Å². The third kappa shape index (κ3) is 2.00. The Morgan fingerprint density at radius 1 is 1.36 bits per heavy atom. The first-order chi connectivity index (χ1) is 10.7. The van der Waals surface area contributed by atoms with Gasteiger partial charge in [-0.2, -0.15) is 5.10 Å². The summed E-state index contributed by atoms with van der Waals surface area (Å²) in [5.74, 6) is 0.0612. The van der Waals surface area contributed by atoms with Crippen LogP contribution in [0.2, 0.25) is 0 Å². The summed E-state index contributed by atoms with van der Waals surface area (Å²) >= 11 is 0. The number of carbonyl (C=O) groups excluding carboxylic acids is 1. The van der Waals surface area contributed by atoms with Crippen LogP contribution in [-0.2, 0) is 0 Å². The molecule has 1 aliphatic rings. The summed E-state index contributed by atoms with van der Waals surface area (Å²) in [5.41, 5.74) is 1.70. The summed E-state index contributed by atoms with van der Waals surface area (Å²) in [5, 5.41) is 13.0. The van der Waals surface area contributed by atoms with E-state index in [4.69, 9.17) is 0 Å². The zero-order valence-corrected chi connectivity index (χ0v) is 11.7. The molecule has 4 heterocycles. The average Bonchev–Trinajstić information content (AvgIpc) is 3.25. The molecule has 1 aliphatic heterocycles. The van der Waals surface area contributed by atoms with E-state index in [0.29, 0.717) is 24.4 Å². The lowest BCUT2D eigenvalue weighted by Gasteiger charge is -2.15. The van der Waals surface area contributed by atoms with Crippen LogP contribution in [0, 0.1) is 0 Å². The molecule has 8 heteroatoms. The Labute approximate surface area is 124 Å². The van der Waals surface area contributed by atoms with Gasteiger partial charge in [0.2, 0.25) is 0 Å². The Morgan fingerprint density at radius 2 is 2.27 bits per heavy atom. The zero-order chi connectivity index (χ0) is 15.1. The summed E-state index contributed by atoms with van der Waals surface area (Å²) in [4.78, 5) is 29.8. The highest BCUT2D eigenvalue weighted by molar-refractivity contribution is 6.03. The van der Waals surface area contributed by atoms with Crippen molar-refractivity contribution in [2.45, 2.75) is 12.3 Å². The number of hydrogen-bond donors (Lipinski definition) is 3. The number of carbonyl (C=O) groups is 1. The van der Waals surface area contributed by atoms with E-state index in [-0.39, 0.29) is 17.4 Å². The quantitative estimate of drug-likeness (QED) is 0.643. The number of fused-ring (bicyclic) bond motifs is 1. The van der Waals surface area contributed by atoms with Crippen LogP contribution in [0.15, 0.2) is 29.2 Å². The van der Waals surface area contributed by atoms with Gasteiger partial charge in [0.25, 0.3) is 11.5 Å². The Morgan fingerprint density at radius 3 is 3.09 bits per heavy atom. The van der Waals surface area contributed by atoms with Crippen molar-refractivity contribution in [1.29, 1.82) is 0 Å². The lowest BCUT2D eigenvalue weighted by Crippen LogP contribution is -2.29. The van der Waals surface area contributed by atoms with Crippen molar-refractivity contribution < 1.29 is 4.79 Å². The van der Waals surface area contributed by atoms with Crippen molar-refractivity contribution in [2.75, 3.05) is 13.1 Å². The number of aromatic amines is 3. The fraction of sp³-hybridized carbons (Fsp3) is 0.286. The fourth-order valence-corrected chi connectivity index (χ4v) is 2.94. The maximum absolute atomic E-state index is 12.7. The standard InChI is InChI=1S/C14H14N6O2/c21-11-6-10(16-17-11)8-3-5-20(7-8)14(22)12-9-2-1-4-15-13(9)19-18-12/h1-2,4,6,8H,3,5,7H2,(H,15,18,19)(H2,16,17,21). The molecule has 0 bridgehead atoms. The molecule has 3 aromatic rings. The minimum absolute atomic E-state index is 0.0871. The number of hydrogen-bond acceptors (Lipinski definition) is 4. The Bertz CT molecular complexity index is 892. The van der Waals surface area contributed by atoms with E-state index in [1.807, 2.05) is 6.07 Å². The second kappa shape index (κ2) is 4.83. The SMILES string of the molecule is O=C(c1[nH]nc2ncccc12)N1CCC(c2cc(=O)[nH][nH]2)C1. The first-order valence-corrected chi connectivity index (χ1v) is 7.08. The van der Waals surface area contributed by atoms with Crippen molar-refractivity contribution in [3.05, 3.63) is 46.1 Å². The van der Waals surface area contributed by atoms with Crippen molar-refractivity contribution in [3.8, 4) is 0 Å². The van der Waals surface area contributed by atoms with Crippen LogP contribution in [0.4, 0.5) is 0 Å². The van der Waals surface area contributed by atoms with Crippen molar-refractivity contribution in [1.82, 2.24) is 30.3 Å². The van der Waals surface area contributed by atoms with Crippen LogP contribution >= 0.6 is 0 Å². The minimum Gasteiger partial charge on any atom is -0.337 e. The first-order valence-electron chi connectivity index (χ1n) is 7.08. The number of likely N-dealkylation sites (tertiary alicyclic amines) is 1. The minimum atomic E-state index is -0.148. The van der Waals surface area contributed by atoms with E-state index in [9.17, 15) is 9.59 Å². The molecule has 22 heavy (non-hydrogen) atoms. The van der Waals surface area contributed by atoms with Gasteiger partial charge in [-0.1, -0.05) is 0 Å². The maximum atomic E-state index is 12.7. The molecule has 1 saturated heterocycles. The summed E-state index contributed by atoms with van der Waals surface area (Å²) in [6.45, 7) is 1.23. The molecule has 0 radical (unpaired) electrons. The summed E-state index contributed by atoms with van der Waals surface area (Å²) in [6, 6.07) is 5.16. The van der Waals surface area contributed by atoms with Crippen LogP contribution < -0.4 is 5.56 Å². The van der Waals surface area contributed by atoms with E-state index in [2.05, 4.69) is 25.4 Å². The summed E-state index contributed by atoms with van der Waals surface area (Å²) in [7, 11) is 0. The number of H-pyrrole nitrogens is 3. The molecular formula is C14H14N6O2. The van der Waals surface area contributed by atoms with Crippen LogP contribution in [0.25, 0.3) is 11.0 Å². The molecule has 3 N–H and O–H groups in total. The summed E-state index contributed by atoms with van der Waals surface area (Å²) < 4.78 is 0. The molecule has 8 nitrogen and oxygen atoms in total. The Hall–Kier alpha value is -2.90. The molecule has 1 atom stereocenters. The van der Waals surface area contributed by atoms with Crippen LogP contribution in [0.3, 0.4) is 0 Å². The van der Waals surface area contributed by atoms with E-state index in [1.165, 1.54) is 0 Å². The topological polar surface area (TPSA) is 111 Å². The molecule has 0 aromatic carbocycles. The monoisotopic (exact) mass is 298 g/mol. The van der Waals surface area contributed by atoms with Gasteiger partial charge in [-0.3, -0.25) is 19.8 Å². The molecule has 3 aromatic heterocycles. The number of rotatable bonds is 2. The van der Waals surface area contributed by atoms with E-state index in [1.54, 1.807) is 23.2 Å². The second-order valence-corrected chi connectivity index (χ2v) is 5.42. The van der Waals surface area contributed by atoms with Gasteiger partial charge in [-0.05, 0) is 18.6 Å². The number of pyridine rings is 1. The molecular weight excluding hydrogens is 284 g/mol. The van der Waals surface area contributed by atoms with Gasteiger partial charge >= 0.3 is 0 Å². The Kier molecular flexibility index (Phi) is 2.81. The van der Waals surface area contributed by atoms with Crippen LogP contribution in [-0.4, -0.2) is 49.3 Å². The predicted molar refractivity (Wildman–Crippen MR) is 78.6 cm³/mol. The van der Waals surface area contributed by atoms with Gasteiger partial charge in [0.15, 0.2) is 5.65 Å². The molecule has 0 saturated carbocycles. The van der Waals surface area contributed by atoms with E-state index < -0.39 is 0 Å². The highest BCUT2D eigenvalue weighted by Gasteiger charge is 2.30. The lowest BCUT2D eigenvalue weighted by molar-refractivity contribution is 0.0786. The third-order valence-corrected chi connectivity index (χ3v) is 4.08. The van der Waals surface area contributed by atoms with Gasteiger partial charge in [-0.15, -0.1) is 0 Å². The molecule has 0 aliphatic carbocycles. The highest BCUT2D eigenvalue weighted by Crippen LogP contribution is 2.26. The van der Waals surface area contributed by atoms with Crippen LogP contribution in [0.5, 0.6) is 0 Å². The molecule has 0 spiro atoms. The number of aromatic nitrogens is 5. The number of amides is 1. The van der Waals surface area contributed by atoms with Crippen molar-refractivity contribution in [2.24, 2.45) is 0 Å². The largest absolute Gasteiger partial charge is 0.337 e. The second-order valence-electron chi connectivity index (χ2n) is 5.42. The van der Waals surface area contributed by atoms with Gasteiger partial charge in [0.05, 0.1) is 5.39 Å². The van der Waals surface area contributed by atoms with Gasteiger partial charge in [0, 0.05) is 37.0 Å². The molecule has 4 rings (SSSR count). The Balaban J connectivity index is 1.58. The average molecular weight is 298 g/mol. The summed E-state index contributed by atoms with van der Waals surface area (Å²) in [6.07, 6.45) is 2.47. The number of nitrogens with zero attached hydrogens (tertiary/aromatic N) is 3. The lowest BCUT2D eigenvalue weighted by atomic mass is 10.1. The van der Waals surface area contributed by atoms with Crippen LogP contribution in [0.1, 0.15) is 28.5 Å². The predicted octanol–water partition coefficient (Wildman–Crippen LogP) is 0.604. The van der Waals surface area contributed by atoms with Gasteiger partial charge < -0.3 is 10.00 Å². The molecule has 1 unspecified atom stereocenters. The maximum Gasteiger partial charge on any atom is 0.272 e. The fourth-order valence-electron chi connectivity index (χ4n) is 2.94. The smallest absolute Gasteiger partial charge is 0.272 e. The molecule has 1 fully saturated rings. The van der Waals surface area contributed by atoms with Crippen molar-refractivity contribution in [3.63, 3.8) is 0 Å². The normalized spacial score (nSPS) is 18.2.